The van der Waals surface area contributed by atoms with Crippen molar-refractivity contribution in [1.29, 1.82) is 0 Å². The summed E-state index contributed by atoms with van der Waals surface area (Å²) in [6.45, 7) is 9.51. The molecule has 2 unspecified atom stereocenters. The second-order valence-electron chi connectivity index (χ2n) is 6.43. The standard InChI is InChI=1S/2C10H17O6P/c1-3-10(13)15-6-7-16-17(14,4-2)8-5-9(11)12;1-3-9(11)15-6-7-16-10(12)5-8-17(13,14)4-2/h3H,1,4-8H2,2H3,(H,11,12);3H,1,4-8H2,2H3,(H,13,14). The van der Waals surface area contributed by atoms with E-state index in [-0.39, 0.29) is 63.9 Å². The van der Waals surface area contributed by atoms with Crippen molar-refractivity contribution in [2.24, 2.45) is 0 Å². The molecule has 0 spiro atoms. The van der Waals surface area contributed by atoms with Crippen molar-refractivity contribution in [3.05, 3.63) is 25.3 Å². The molecule has 0 bridgehead atoms. The summed E-state index contributed by atoms with van der Waals surface area (Å²) in [6, 6.07) is 0. The van der Waals surface area contributed by atoms with Gasteiger partial charge in [0.05, 0.1) is 19.4 Å². The number of hydrogen-bond acceptors (Lipinski definition) is 10. The van der Waals surface area contributed by atoms with Crippen molar-refractivity contribution in [2.75, 3.05) is 51.1 Å². The fourth-order valence-corrected chi connectivity index (χ4v) is 4.25. The zero-order chi connectivity index (χ0) is 26.6. The molecule has 0 aromatic heterocycles. The van der Waals surface area contributed by atoms with Gasteiger partial charge in [-0.3, -0.25) is 18.7 Å². The van der Waals surface area contributed by atoms with E-state index < -0.39 is 38.6 Å². The number of aliphatic carboxylic acids is 1. The number of rotatable bonds is 17. The maximum Gasteiger partial charge on any atom is 0.330 e. The maximum atomic E-state index is 12.0. The molecule has 196 valence electrons. The molecule has 0 aliphatic heterocycles. The van der Waals surface area contributed by atoms with Gasteiger partial charge >= 0.3 is 23.9 Å². The Bertz CT molecular complexity index is 778. The average Bonchev–Trinajstić information content (AvgIpc) is 2.82. The molecular formula is C20H34O12P2. The molecule has 0 aliphatic rings. The van der Waals surface area contributed by atoms with Crippen molar-refractivity contribution in [3.8, 4) is 0 Å². The third-order valence-electron chi connectivity index (χ3n) is 3.89. The van der Waals surface area contributed by atoms with Crippen LogP contribution in [0.1, 0.15) is 26.7 Å². The van der Waals surface area contributed by atoms with Gasteiger partial charge in [-0.05, 0) is 0 Å². The Labute approximate surface area is 199 Å². The molecule has 0 fully saturated rings. The van der Waals surface area contributed by atoms with Gasteiger partial charge in [-0.25, -0.2) is 9.59 Å². The number of carboxylic acid groups (broad SMARTS) is 1. The summed E-state index contributed by atoms with van der Waals surface area (Å²) in [5.74, 6) is -2.76. The summed E-state index contributed by atoms with van der Waals surface area (Å²) < 4.78 is 42.2. The van der Waals surface area contributed by atoms with Gasteiger partial charge in [0.25, 0.3) is 0 Å². The molecule has 0 aliphatic carbocycles. The van der Waals surface area contributed by atoms with E-state index in [1.54, 1.807) is 13.8 Å². The Morgan fingerprint density at radius 1 is 0.794 bits per heavy atom. The van der Waals surface area contributed by atoms with E-state index in [0.717, 1.165) is 12.2 Å². The van der Waals surface area contributed by atoms with E-state index in [1.807, 2.05) is 0 Å². The van der Waals surface area contributed by atoms with Crippen LogP contribution in [0.25, 0.3) is 0 Å². The van der Waals surface area contributed by atoms with Gasteiger partial charge in [0.15, 0.2) is 0 Å². The highest BCUT2D eigenvalue weighted by Crippen LogP contribution is 2.46. The van der Waals surface area contributed by atoms with Crippen LogP contribution < -0.4 is 0 Å². The predicted molar refractivity (Wildman–Crippen MR) is 124 cm³/mol. The fraction of sp³-hybridized carbons (Fsp3) is 0.600. The predicted octanol–water partition coefficient (Wildman–Crippen LogP) is 2.44. The first-order chi connectivity index (χ1) is 15.8. The van der Waals surface area contributed by atoms with Crippen LogP contribution in [0.3, 0.4) is 0 Å². The minimum Gasteiger partial charge on any atom is -0.481 e. The van der Waals surface area contributed by atoms with Gasteiger partial charge in [0, 0.05) is 36.8 Å². The van der Waals surface area contributed by atoms with E-state index in [4.69, 9.17) is 14.4 Å². The lowest BCUT2D eigenvalue weighted by molar-refractivity contribution is -0.149. The average molecular weight is 528 g/mol. The Morgan fingerprint density at radius 2 is 1.29 bits per heavy atom. The Balaban J connectivity index is 0. The Hall–Kier alpha value is -2.26. The second kappa shape index (κ2) is 19.1. The van der Waals surface area contributed by atoms with Crippen LogP contribution in [0.4, 0.5) is 0 Å². The van der Waals surface area contributed by atoms with Crippen LogP contribution in [0.5, 0.6) is 0 Å². The summed E-state index contributed by atoms with van der Waals surface area (Å²) >= 11 is 0. The van der Waals surface area contributed by atoms with Crippen LogP contribution in [0.2, 0.25) is 0 Å². The highest BCUT2D eigenvalue weighted by Gasteiger charge is 2.22. The van der Waals surface area contributed by atoms with E-state index in [2.05, 4.69) is 22.6 Å². The largest absolute Gasteiger partial charge is 0.481 e. The summed E-state index contributed by atoms with van der Waals surface area (Å²) in [7, 11) is -6.11. The van der Waals surface area contributed by atoms with Gasteiger partial charge < -0.3 is 28.7 Å². The fourth-order valence-electron chi connectivity index (χ4n) is 1.84. The molecule has 0 radical (unpaired) electrons. The molecule has 0 saturated heterocycles. The van der Waals surface area contributed by atoms with E-state index >= 15 is 0 Å². The number of carbonyl (C=O) groups excluding carboxylic acids is 3. The van der Waals surface area contributed by atoms with Gasteiger partial charge in [0.2, 0.25) is 14.7 Å². The number of carbonyl (C=O) groups is 4. The lowest BCUT2D eigenvalue weighted by Gasteiger charge is -2.15. The van der Waals surface area contributed by atoms with Gasteiger partial charge in [-0.1, -0.05) is 27.0 Å². The van der Waals surface area contributed by atoms with Gasteiger partial charge in [0.1, 0.15) is 19.8 Å². The van der Waals surface area contributed by atoms with Crippen molar-refractivity contribution in [2.45, 2.75) is 26.7 Å². The van der Waals surface area contributed by atoms with Crippen molar-refractivity contribution < 1.29 is 57.0 Å². The minimum absolute atomic E-state index is 0.00572. The summed E-state index contributed by atoms with van der Waals surface area (Å²) in [6.07, 6.45) is 2.01. The zero-order valence-electron chi connectivity index (χ0n) is 19.5. The van der Waals surface area contributed by atoms with Crippen molar-refractivity contribution in [3.63, 3.8) is 0 Å². The molecule has 2 N–H and O–H groups in total. The van der Waals surface area contributed by atoms with Crippen molar-refractivity contribution in [1.82, 2.24) is 0 Å². The van der Waals surface area contributed by atoms with Crippen LogP contribution >= 0.6 is 14.7 Å². The summed E-state index contributed by atoms with van der Waals surface area (Å²) in [4.78, 5) is 52.0. The third-order valence-corrected chi connectivity index (χ3v) is 8.32. The maximum absolute atomic E-state index is 12.0. The second-order valence-corrected chi connectivity index (χ2v) is 12.2. The quantitative estimate of drug-likeness (QED) is 0.0927. The number of ether oxygens (including phenoxy) is 3. The lowest BCUT2D eigenvalue weighted by atomic mass is 10.5. The minimum atomic E-state index is -3.19. The van der Waals surface area contributed by atoms with E-state index in [1.165, 1.54) is 0 Å². The molecular weight excluding hydrogens is 494 g/mol. The first-order valence-corrected chi connectivity index (χ1v) is 14.4. The van der Waals surface area contributed by atoms with Gasteiger partial charge in [-0.15, -0.1) is 0 Å². The molecule has 34 heavy (non-hydrogen) atoms. The van der Waals surface area contributed by atoms with Crippen LogP contribution in [-0.2, 0) is 47.0 Å². The highest BCUT2D eigenvalue weighted by molar-refractivity contribution is 7.59. The molecule has 0 heterocycles. The zero-order valence-corrected chi connectivity index (χ0v) is 21.3. The first kappa shape index (κ1) is 33.9. The van der Waals surface area contributed by atoms with Crippen LogP contribution in [0, 0.1) is 0 Å². The molecule has 12 nitrogen and oxygen atoms in total. The van der Waals surface area contributed by atoms with Crippen molar-refractivity contribution >= 4 is 38.6 Å². The summed E-state index contributed by atoms with van der Waals surface area (Å²) in [5, 5.41) is 8.49. The topological polar surface area (TPSA) is 180 Å². The lowest BCUT2D eigenvalue weighted by Crippen LogP contribution is -2.13. The molecule has 14 heteroatoms. The monoisotopic (exact) mass is 528 g/mol. The molecule has 0 amide bonds. The number of esters is 3. The molecule has 0 rings (SSSR count). The Kier molecular flexibility index (Phi) is 19.0. The molecule has 0 aromatic carbocycles. The number of hydrogen-bond donors (Lipinski definition) is 2. The SMILES string of the molecule is C=CC(=O)OCCOC(=O)CCP(=O)(O)CC.C=CC(=O)OCCOP(=O)(CC)CCC(=O)O. The summed E-state index contributed by atoms with van der Waals surface area (Å²) in [5.41, 5.74) is 0. The van der Waals surface area contributed by atoms with E-state index in [9.17, 15) is 33.2 Å². The van der Waals surface area contributed by atoms with Gasteiger partial charge in [-0.2, -0.15) is 0 Å². The third kappa shape index (κ3) is 20.4. The molecule has 0 aromatic rings. The number of carboxylic acids is 1. The molecule has 2 atom stereocenters. The Morgan fingerprint density at radius 3 is 1.74 bits per heavy atom. The highest BCUT2D eigenvalue weighted by atomic mass is 31.2. The van der Waals surface area contributed by atoms with E-state index in [0.29, 0.717) is 0 Å². The molecule has 0 saturated carbocycles. The normalized spacial score (nSPS) is 13.6. The first-order valence-electron chi connectivity index (χ1n) is 10.3. The van der Waals surface area contributed by atoms with Crippen LogP contribution in [0.15, 0.2) is 25.3 Å². The smallest absolute Gasteiger partial charge is 0.330 e. The van der Waals surface area contributed by atoms with Crippen LogP contribution in [-0.4, -0.2) is 85.0 Å².